The quantitative estimate of drug-likeness (QED) is 0.673. The fourth-order valence-electron chi connectivity index (χ4n) is 3.64. The van der Waals surface area contributed by atoms with E-state index in [0.717, 1.165) is 16.7 Å². The van der Waals surface area contributed by atoms with Crippen LogP contribution in [0.1, 0.15) is 25.8 Å². The minimum atomic E-state index is -3.24. The van der Waals surface area contributed by atoms with Gasteiger partial charge in [-0.3, -0.25) is 0 Å². The van der Waals surface area contributed by atoms with Gasteiger partial charge >= 0.3 is 0 Å². The fourth-order valence-corrected chi connectivity index (χ4v) is 5.20. The lowest BCUT2D eigenvalue weighted by Crippen LogP contribution is -2.31. The van der Waals surface area contributed by atoms with Crippen molar-refractivity contribution in [2.45, 2.75) is 25.8 Å². The SMILES string of the molecule is CCCS(=O)(=O)N1CC[C@@H](n2c(-c3ccc(F)cc3)nc3cccnc32)C1. The highest BCUT2D eigenvalue weighted by Crippen LogP contribution is 2.33. The van der Waals surface area contributed by atoms with Crippen molar-refractivity contribution >= 4 is 21.2 Å². The molecule has 0 radical (unpaired) electrons. The van der Waals surface area contributed by atoms with Crippen LogP contribution in [0.5, 0.6) is 0 Å². The van der Waals surface area contributed by atoms with Gasteiger partial charge in [0.1, 0.15) is 17.2 Å². The molecule has 1 fully saturated rings. The van der Waals surface area contributed by atoms with Crippen molar-refractivity contribution in [3.8, 4) is 11.4 Å². The van der Waals surface area contributed by atoms with E-state index < -0.39 is 10.0 Å². The van der Waals surface area contributed by atoms with E-state index in [4.69, 9.17) is 4.98 Å². The van der Waals surface area contributed by atoms with Crippen LogP contribution >= 0.6 is 0 Å². The van der Waals surface area contributed by atoms with Gasteiger partial charge in [0.25, 0.3) is 0 Å². The summed E-state index contributed by atoms with van der Waals surface area (Å²) in [5.41, 5.74) is 2.24. The normalized spacial score (nSPS) is 18.4. The lowest BCUT2D eigenvalue weighted by molar-refractivity contribution is 0.455. The minimum absolute atomic E-state index is 0.0587. The van der Waals surface area contributed by atoms with Crippen LogP contribution in [0.2, 0.25) is 0 Å². The first-order valence-electron chi connectivity index (χ1n) is 9.06. The predicted octanol–water partition coefficient (Wildman–Crippen LogP) is 3.22. The number of pyridine rings is 1. The molecule has 6 nitrogen and oxygen atoms in total. The molecule has 1 aromatic carbocycles. The largest absolute Gasteiger partial charge is 0.304 e. The zero-order chi connectivity index (χ0) is 19.0. The van der Waals surface area contributed by atoms with Crippen molar-refractivity contribution in [3.63, 3.8) is 0 Å². The first-order valence-corrected chi connectivity index (χ1v) is 10.7. The number of imidazole rings is 1. The van der Waals surface area contributed by atoms with Gasteiger partial charge in [0, 0.05) is 24.8 Å². The monoisotopic (exact) mass is 388 g/mol. The lowest BCUT2D eigenvalue weighted by Gasteiger charge is -2.18. The molecule has 0 spiro atoms. The maximum Gasteiger partial charge on any atom is 0.214 e. The number of halogens is 1. The highest BCUT2D eigenvalue weighted by Gasteiger charge is 2.34. The van der Waals surface area contributed by atoms with Crippen molar-refractivity contribution < 1.29 is 12.8 Å². The number of nitrogens with zero attached hydrogens (tertiary/aromatic N) is 4. The highest BCUT2D eigenvalue weighted by atomic mass is 32.2. The Morgan fingerprint density at radius 1 is 1.22 bits per heavy atom. The Bertz CT molecular complexity index is 1060. The summed E-state index contributed by atoms with van der Waals surface area (Å²) in [4.78, 5) is 9.16. The van der Waals surface area contributed by atoms with Crippen LogP contribution in [-0.4, -0.2) is 46.1 Å². The molecule has 0 amide bonds. The molecule has 142 valence electrons. The molecule has 0 bridgehead atoms. The van der Waals surface area contributed by atoms with Crippen LogP contribution in [0.25, 0.3) is 22.6 Å². The standard InChI is InChI=1S/C19H21FN4O2S/c1-2-12-27(25,26)23-11-9-16(13-23)24-18(14-5-7-15(20)8-6-14)22-17-4-3-10-21-19(17)24/h3-8,10,16H,2,9,11-13H2,1H3/t16-/m1/s1. The van der Waals surface area contributed by atoms with Crippen LogP contribution in [0.15, 0.2) is 42.6 Å². The maximum absolute atomic E-state index is 13.4. The van der Waals surface area contributed by atoms with Crippen molar-refractivity contribution in [2.75, 3.05) is 18.8 Å². The van der Waals surface area contributed by atoms with Crippen LogP contribution in [0.3, 0.4) is 0 Å². The Hall–Kier alpha value is -2.32. The van der Waals surface area contributed by atoms with Gasteiger partial charge in [0.2, 0.25) is 10.0 Å². The molecular weight excluding hydrogens is 367 g/mol. The first kappa shape index (κ1) is 18.1. The van der Waals surface area contributed by atoms with Crippen molar-refractivity contribution in [1.29, 1.82) is 0 Å². The first-order chi connectivity index (χ1) is 13.0. The number of benzene rings is 1. The van der Waals surface area contributed by atoms with Gasteiger partial charge < -0.3 is 4.57 Å². The van der Waals surface area contributed by atoms with E-state index in [1.165, 1.54) is 12.1 Å². The molecule has 0 saturated carbocycles. The molecule has 1 aliphatic heterocycles. The summed E-state index contributed by atoms with van der Waals surface area (Å²) in [6.07, 6.45) is 2.99. The number of hydrogen-bond donors (Lipinski definition) is 0. The number of sulfonamides is 1. The van der Waals surface area contributed by atoms with Gasteiger partial charge in [0.15, 0.2) is 5.65 Å². The molecule has 3 aromatic rings. The summed E-state index contributed by atoms with van der Waals surface area (Å²) in [7, 11) is -3.24. The van der Waals surface area contributed by atoms with E-state index in [0.29, 0.717) is 31.8 Å². The van der Waals surface area contributed by atoms with E-state index >= 15 is 0 Å². The maximum atomic E-state index is 13.4. The Kier molecular flexibility index (Phi) is 4.69. The average Bonchev–Trinajstić information content (AvgIpc) is 3.27. The Labute approximate surface area is 157 Å². The third kappa shape index (κ3) is 3.35. The molecule has 8 heteroatoms. The van der Waals surface area contributed by atoms with Crippen molar-refractivity contribution in [2.24, 2.45) is 0 Å². The van der Waals surface area contributed by atoms with E-state index in [2.05, 4.69) is 4.98 Å². The molecular formula is C19H21FN4O2S. The van der Waals surface area contributed by atoms with Gasteiger partial charge in [-0.05, 0) is 49.2 Å². The smallest absolute Gasteiger partial charge is 0.214 e. The fraction of sp³-hybridized carbons (Fsp3) is 0.368. The molecule has 3 heterocycles. The Balaban J connectivity index is 1.77. The summed E-state index contributed by atoms with van der Waals surface area (Å²) < 4.78 is 41.8. The second kappa shape index (κ2) is 7.01. The predicted molar refractivity (Wildman–Crippen MR) is 102 cm³/mol. The van der Waals surface area contributed by atoms with E-state index in [1.807, 2.05) is 23.6 Å². The highest BCUT2D eigenvalue weighted by molar-refractivity contribution is 7.89. The van der Waals surface area contributed by atoms with Gasteiger partial charge in [-0.2, -0.15) is 4.31 Å². The topological polar surface area (TPSA) is 68.1 Å². The zero-order valence-corrected chi connectivity index (χ0v) is 15.9. The van der Waals surface area contributed by atoms with Gasteiger partial charge in [-0.25, -0.2) is 22.8 Å². The third-order valence-electron chi connectivity index (χ3n) is 4.90. The molecule has 2 aromatic heterocycles. The molecule has 0 unspecified atom stereocenters. The third-order valence-corrected chi connectivity index (χ3v) is 6.94. The van der Waals surface area contributed by atoms with Crippen LogP contribution in [-0.2, 0) is 10.0 Å². The molecule has 4 rings (SSSR count). The molecule has 27 heavy (non-hydrogen) atoms. The minimum Gasteiger partial charge on any atom is -0.304 e. The van der Waals surface area contributed by atoms with Gasteiger partial charge in [-0.1, -0.05) is 6.92 Å². The van der Waals surface area contributed by atoms with Crippen LogP contribution in [0.4, 0.5) is 4.39 Å². The summed E-state index contributed by atoms with van der Waals surface area (Å²) in [6.45, 7) is 2.76. The van der Waals surface area contributed by atoms with E-state index in [9.17, 15) is 12.8 Å². The molecule has 1 saturated heterocycles. The van der Waals surface area contributed by atoms with Gasteiger partial charge in [-0.15, -0.1) is 0 Å². The van der Waals surface area contributed by atoms with Crippen molar-refractivity contribution in [3.05, 3.63) is 48.4 Å². The van der Waals surface area contributed by atoms with E-state index in [-0.39, 0.29) is 17.6 Å². The number of rotatable bonds is 5. The molecule has 1 aliphatic rings. The second-order valence-corrected chi connectivity index (χ2v) is 8.86. The number of hydrogen-bond acceptors (Lipinski definition) is 4. The summed E-state index contributed by atoms with van der Waals surface area (Å²) in [6, 6.07) is 9.82. The van der Waals surface area contributed by atoms with E-state index in [1.54, 1.807) is 22.6 Å². The number of aromatic nitrogens is 3. The Morgan fingerprint density at radius 3 is 2.74 bits per heavy atom. The van der Waals surface area contributed by atoms with Crippen LogP contribution in [0, 0.1) is 5.82 Å². The zero-order valence-electron chi connectivity index (χ0n) is 15.0. The summed E-state index contributed by atoms with van der Waals surface area (Å²) in [5, 5.41) is 0. The summed E-state index contributed by atoms with van der Waals surface area (Å²) >= 11 is 0. The molecule has 0 N–H and O–H groups in total. The average molecular weight is 388 g/mol. The molecule has 1 atom stereocenters. The number of fused-ring (bicyclic) bond motifs is 1. The summed E-state index contributed by atoms with van der Waals surface area (Å²) in [5.74, 6) is 0.536. The van der Waals surface area contributed by atoms with Crippen molar-refractivity contribution in [1.82, 2.24) is 18.8 Å². The Morgan fingerprint density at radius 2 is 2.00 bits per heavy atom. The van der Waals surface area contributed by atoms with Crippen LogP contribution < -0.4 is 0 Å². The second-order valence-electron chi connectivity index (χ2n) is 6.77. The molecule has 0 aliphatic carbocycles. The lowest BCUT2D eigenvalue weighted by atomic mass is 10.2. The van der Waals surface area contributed by atoms with Gasteiger partial charge in [0.05, 0.1) is 11.8 Å².